The molecule has 0 atom stereocenters. The number of nitrogens with one attached hydrogen (secondary N) is 1. The molecule has 6 nitrogen and oxygen atoms in total. The molecule has 140 valence electrons. The van der Waals surface area contributed by atoms with Crippen molar-refractivity contribution in [2.75, 3.05) is 12.4 Å². The number of rotatable bonds is 7. The van der Waals surface area contributed by atoms with Crippen LogP contribution in [0.3, 0.4) is 0 Å². The van der Waals surface area contributed by atoms with Crippen LogP contribution in [0.1, 0.15) is 26.7 Å². The molecule has 0 saturated heterocycles. The summed E-state index contributed by atoms with van der Waals surface area (Å²) in [5, 5.41) is 7.00. The van der Waals surface area contributed by atoms with E-state index in [2.05, 4.69) is 29.3 Å². The third-order valence-corrected chi connectivity index (χ3v) is 4.15. The van der Waals surface area contributed by atoms with Gasteiger partial charge in [0, 0.05) is 12.0 Å². The maximum atomic E-state index is 12.2. The van der Waals surface area contributed by atoms with E-state index in [4.69, 9.17) is 9.26 Å². The van der Waals surface area contributed by atoms with E-state index in [1.54, 1.807) is 7.11 Å². The van der Waals surface area contributed by atoms with Crippen LogP contribution < -0.4 is 10.1 Å². The van der Waals surface area contributed by atoms with Gasteiger partial charge in [-0.3, -0.25) is 4.79 Å². The van der Waals surface area contributed by atoms with E-state index in [0.29, 0.717) is 35.3 Å². The number of carbonyl (C=O) groups excluding carboxylic acids is 1. The first kappa shape index (κ1) is 18.6. The zero-order valence-electron chi connectivity index (χ0n) is 15.7. The predicted molar refractivity (Wildman–Crippen MR) is 104 cm³/mol. The first-order valence-electron chi connectivity index (χ1n) is 8.94. The van der Waals surface area contributed by atoms with Gasteiger partial charge in [-0.05, 0) is 48.7 Å². The summed E-state index contributed by atoms with van der Waals surface area (Å²) in [4.78, 5) is 16.7. The molecule has 0 unspecified atom stereocenters. The van der Waals surface area contributed by atoms with E-state index < -0.39 is 0 Å². The highest BCUT2D eigenvalue weighted by molar-refractivity contribution is 5.94. The molecule has 1 aromatic heterocycles. The number of ether oxygens (including phenoxy) is 1. The number of para-hydroxylation sites is 1. The molecule has 0 aliphatic rings. The summed E-state index contributed by atoms with van der Waals surface area (Å²) < 4.78 is 10.6. The molecular formula is C21H23N3O3. The summed E-state index contributed by atoms with van der Waals surface area (Å²) in [6.07, 6.45) is 1.32. The maximum absolute atomic E-state index is 12.2. The number of nitrogens with zero attached hydrogens (tertiary/aromatic N) is 2. The van der Waals surface area contributed by atoms with Crippen LogP contribution in [0.5, 0.6) is 5.75 Å². The Morgan fingerprint density at radius 3 is 2.59 bits per heavy atom. The normalized spacial score (nSPS) is 10.8. The standard InChI is InChI=1S/C21H23N3O3/c1-14(2)8-13-19(25)22-18-7-5-4-6-17(18)21-23-20(24-27-21)15-9-11-16(26-3)12-10-15/h4-7,9-12,14H,8,13H2,1-3H3,(H,22,25). The lowest BCUT2D eigenvalue weighted by atomic mass is 10.1. The van der Waals surface area contributed by atoms with Crippen LogP contribution >= 0.6 is 0 Å². The van der Waals surface area contributed by atoms with Gasteiger partial charge in [0.05, 0.1) is 18.4 Å². The highest BCUT2D eigenvalue weighted by atomic mass is 16.5. The highest BCUT2D eigenvalue weighted by Gasteiger charge is 2.15. The average molecular weight is 365 g/mol. The SMILES string of the molecule is COc1ccc(-c2noc(-c3ccccc3NC(=O)CCC(C)C)n2)cc1. The largest absolute Gasteiger partial charge is 0.497 e. The summed E-state index contributed by atoms with van der Waals surface area (Å²) >= 11 is 0. The molecule has 0 aliphatic heterocycles. The van der Waals surface area contributed by atoms with Crippen molar-refractivity contribution >= 4 is 11.6 Å². The van der Waals surface area contributed by atoms with Crippen molar-refractivity contribution in [3.05, 3.63) is 48.5 Å². The van der Waals surface area contributed by atoms with Gasteiger partial charge in [0.25, 0.3) is 5.89 Å². The van der Waals surface area contributed by atoms with Gasteiger partial charge in [-0.25, -0.2) is 0 Å². The summed E-state index contributed by atoms with van der Waals surface area (Å²) in [5.41, 5.74) is 2.18. The van der Waals surface area contributed by atoms with E-state index in [9.17, 15) is 4.79 Å². The Kier molecular flexibility index (Phi) is 5.86. The number of benzene rings is 2. The maximum Gasteiger partial charge on any atom is 0.260 e. The van der Waals surface area contributed by atoms with Gasteiger partial charge in [-0.15, -0.1) is 0 Å². The highest BCUT2D eigenvalue weighted by Crippen LogP contribution is 2.29. The molecule has 0 fully saturated rings. The zero-order valence-corrected chi connectivity index (χ0v) is 15.7. The minimum Gasteiger partial charge on any atom is -0.497 e. The monoisotopic (exact) mass is 365 g/mol. The second-order valence-electron chi connectivity index (χ2n) is 6.68. The third kappa shape index (κ3) is 4.73. The van der Waals surface area contributed by atoms with E-state index in [0.717, 1.165) is 17.7 Å². The molecule has 0 bridgehead atoms. The predicted octanol–water partition coefficient (Wildman–Crippen LogP) is 4.79. The van der Waals surface area contributed by atoms with Crippen LogP contribution in [0.4, 0.5) is 5.69 Å². The molecule has 1 amide bonds. The first-order valence-corrected chi connectivity index (χ1v) is 8.94. The fraction of sp³-hybridized carbons (Fsp3) is 0.286. The fourth-order valence-corrected chi connectivity index (χ4v) is 2.60. The van der Waals surface area contributed by atoms with Crippen molar-refractivity contribution in [3.8, 4) is 28.6 Å². The number of amides is 1. The quantitative estimate of drug-likeness (QED) is 0.651. The van der Waals surface area contributed by atoms with Crippen molar-refractivity contribution in [3.63, 3.8) is 0 Å². The molecule has 0 radical (unpaired) electrons. The Morgan fingerprint density at radius 1 is 1.15 bits per heavy atom. The number of aromatic nitrogens is 2. The van der Waals surface area contributed by atoms with Crippen molar-refractivity contribution in [2.24, 2.45) is 5.92 Å². The van der Waals surface area contributed by atoms with Crippen LogP contribution in [-0.2, 0) is 4.79 Å². The Hall–Kier alpha value is -3.15. The van der Waals surface area contributed by atoms with Crippen molar-refractivity contribution in [1.29, 1.82) is 0 Å². The second-order valence-corrected chi connectivity index (χ2v) is 6.68. The molecule has 0 spiro atoms. The summed E-state index contributed by atoms with van der Waals surface area (Å²) in [7, 11) is 1.62. The number of hydrogen-bond donors (Lipinski definition) is 1. The van der Waals surface area contributed by atoms with Gasteiger partial charge in [0.1, 0.15) is 5.75 Å². The fourth-order valence-electron chi connectivity index (χ4n) is 2.60. The molecule has 1 N–H and O–H groups in total. The van der Waals surface area contributed by atoms with Crippen molar-refractivity contribution in [2.45, 2.75) is 26.7 Å². The number of methoxy groups -OCH3 is 1. The molecule has 1 heterocycles. The Labute approximate surface area is 158 Å². The zero-order chi connectivity index (χ0) is 19.2. The Bertz CT molecular complexity index is 901. The van der Waals surface area contributed by atoms with Gasteiger partial charge in [0.2, 0.25) is 11.7 Å². The Morgan fingerprint density at radius 2 is 1.89 bits per heavy atom. The Balaban J connectivity index is 1.80. The minimum absolute atomic E-state index is 0.0222. The molecule has 0 saturated carbocycles. The van der Waals surface area contributed by atoms with Gasteiger partial charge in [0.15, 0.2) is 0 Å². The lowest BCUT2D eigenvalue weighted by Crippen LogP contribution is -2.12. The third-order valence-electron chi connectivity index (χ3n) is 4.15. The van der Waals surface area contributed by atoms with Crippen LogP contribution in [0.2, 0.25) is 0 Å². The van der Waals surface area contributed by atoms with Gasteiger partial charge < -0.3 is 14.6 Å². The summed E-state index contributed by atoms with van der Waals surface area (Å²) in [5.74, 6) is 2.06. The lowest BCUT2D eigenvalue weighted by Gasteiger charge is -2.09. The van der Waals surface area contributed by atoms with E-state index in [-0.39, 0.29) is 5.91 Å². The molecular weight excluding hydrogens is 342 g/mol. The second kappa shape index (κ2) is 8.49. The topological polar surface area (TPSA) is 77.3 Å². The molecule has 27 heavy (non-hydrogen) atoms. The smallest absolute Gasteiger partial charge is 0.260 e. The van der Waals surface area contributed by atoms with Gasteiger partial charge in [-0.2, -0.15) is 4.98 Å². The van der Waals surface area contributed by atoms with Crippen molar-refractivity contribution in [1.82, 2.24) is 10.1 Å². The summed E-state index contributed by atoms with van der Waals surface area (Å²) in [6, 6.07) is 14.8. The van der Waals surface area contributed by atoms with E-state index >= 15 is 0 Å². The van der Waals surface area contributed by atoms with Crippen LogP contribution in [0, 0.1) is 5.92 Å². The van der Waals surface area contributed by atoms with Crippen LogP contribution in [0.15, 0.2) is 53.1 Å². The number of carbonyl (C=O) groups is 1. The molecule has 0 aliphatic carbocycles. The lowest BCUT2D eigenvalue weighted by molar-refractivity contribution is -0.116. The van der Waals surface area contributed by atoms with E-state index in [1.165, 1.54) is 0 Å². The molecule has 6 heteroatoms. The first-order chi connectivity index (χ1) is 13.1. The molecule has 2 aromatic carbocycles. The van der Waals surface area contributed by atoms with Crippen molar-refractivity contribution < 1.29 is 14.1 Å². The number of anilines is 1. The average Bonchev–Trinajstić information content (AvgIpc) is 3.17. The number of hydrogen-bond acceptors (Lipinski definition) is 5. The van der Waals surface area contributed by atoms with Crippen LogP contribution in [-0.4, -0.2) is 23.2 Å². The van der Waals surface area contributed by atoms with Gasteiger partial charge in [-0.1, -0.05) is 31.1 Å². The summed E-state index contributed by atoms with van der Waals surface area (Å²) in [6.45, 7) is 4.20. The van der Waals surface area contributed by atoms with E-state index in [1.807, 2.05) is 48.5 Å². The van der Waals surface area contributed by atoms with Crippen LogP contribution in [0.25, 0.3) is 22.8 Å². The minimum atomic E-state index is -0.0222. The molecule has 3 rings (SSSR count). The van der Waals surface area contributed by atoms with Gasteiger partial charge >= 0.3 is 0 Å². The molecule has 3 aromatic rings.